The molecule has 8 heteroatoms. The highest BCUT2D eigenvalue weighted by Crippen LogP contribution is 2.00. The van der Waals surface area contributed by atoms with Crippen LogP contribution < -0.4 is 16.6 Å². The van der Waals surface area contributed by atoms with E-state index in [4.69, 9.17) is 10.3 Å². The summed E-state index contributed by atoms with van der Waals surface area (Å²) < 4.78 is 29.1. The van der Waals surface area contributed by atoms with Gasteiger partial charge < -0.3 is 5.73 Å². The number of nitrogens with one attached hydrogen (secondary N) is 2. The number of primary amides is 1. The van der Waals surface area contributed by atoms with Crippen LogP contribution in [0, 0.1) is 0 Å². The van der Waals surface area contributed by atoms with Crippen LogP contribution in [0.15, 0.2) is 0 Å². The molecule has 0 aliphatic rings. The van der Waals surface area contributed by atoms with E-state index in [9.17, 15) is 13.2 Å². The number of rotatable bonds is 8. The highest BCUT2D eigenvalue weighted by molar-refractivity contribution is 7.85. The van der Waals surface area contributed by atoms with Gasteiger partial charge in [-0.3, -0.25) is 9.98 Å². The molecule has 15 heavy (non-hydrogen) atoms. The SMILES string of the molecule is NC(=O)NNCCCCCCS(=O)(=O)O. The molecule has 2 amide bonds. The molecular weight excluding hydrogens is 222 g/mol. The molecule has 0 heterocycles. The van der Waals surface area contributed by atoms with E-state index < -0.39 is 16.1 Å². The molecule has 0 unspecified atom stereocenters. The van der Waals surface area contributed by atoms with Crippen molar-refractivity contribution in [1.82, 2.24) is 10.9 Å². The van der Waals surface area contributed by atoms with E-state index in [1.54, 1.807) is 0 Å². The number of nitrogens with two attached hydrogens (primary N) is 1. The van der Waals surface area contributed by atoms with Crippen LogP contribution in [0.3, 0.4) is 0 Å². The minimum Gasteiger partial charge on any atom is -0.351 e. The lowest BCUT2D eigenvalue weighted by molar-refractivity contribution is 0.244. The zero-order chi connectivity index (χ0) is 11.7. The lowest BCUT2D eigenvalue weighted by Gasteiger charge is -2.03. The predicted molar refractivity (Wildman–Crippen MR) is 55.6 cm³/mol. The molecule has 0 rings (SSSR count). The van der Waals surface area contributed by atoms with Gasteiger partial charge in [0.1, 0.15) is 0 Å². The van der Waals surface area contributed by atoms with Crippen LogP contribution in [-0.4, -0.2) is 31.3 Å². The Bertz CT molecular complexity index is 278. The van der Waals surface area contributed by atoms with Gasteiger partial charge in [0.15, 0.2) is 0 Å². The van der Waals surface area contributed by atoms with E-state index in [0.29, 0.717) is 13.0 Å². The van der Waals surface area contributed by atoms with Crippen molar-refractivity contribution in [2.45, 2.75) is 25.7 Å². The van der Waals surface area contributed by atoms with Crippen LogP contribution in [-0.2, 0) is 10.1 Å². The zero-order valence-corrected chi connectivity index (χ0v) is 9.22. The van der Waals surface area contributed by atoms with Gasteiger partial charge in [-0.15, -0.1) is 0 Å². The smallest absolute Gasteiger partial charge is 0.326 e. The van der Waals surface area contributed by atoms with E-state index in [-0.39, 0.29) is 5.75 Å². The van der Waals surface area contributed by atoms with Crippen LogP contribution in [0.1, 0.15) is 25.7 Å². The first-order valence-corrected chi connectivity index (χ1v) is 6.26. The Kier molecular flexibility index (Phi) is 7.01. The second-order valence-electron chi connectivity index (χ2n) is 3.12. The molecule has 0 saturated heterocycles. The Morgan fingerprint density at radius 3 is 2.33 bits per heavy atom. The fraction of sp³-hybridized carbons (Fsp3) is 0.857. The number of hydrazine groups is 1. The monoisotopic (exact) mass is 239 g/mol. The number of hydrogen-bond acceptors (Lipinski definition) is 4. The van der Waals surface area contributed by atoms with Gasteiger partial charge in [-0.1, -0.05) is 12.8 Å². The standard InChI is InChI=1S/C7H17N3O4S/c8-7(11)10-9-5-3-1-2-4-6-15(12,13)14/h9H,1-6H2,(H3,8,10,11)(H,12,13,14). The van der Waals surface area contributed by atoms with E-state index in [2.05, 4.69) is 10.9 Å². The van der Waals surface area contributed by atoms with Crippen LogP contribution in [0.4, 0.5) is 4.79 Å². The lowest BCUT2D eigenvalue weighted by atomic mass is 10.2. The van der Waals surface area contributed by atoms with Crippen molar-refractivity contribution < 1.29 is 17.8 Å². The summed E-state index contributed by atoms with van der Waals surface area (Å²) in [6.07, 6.45) is 2.79. The lowest BCUT2D eigenvalue weighted by Crippen LogP contribution is -2.41. The van der Waals surface area contributed by atoms with E-state index in [1.807, 2.05) is 0 Å². The molecule has 0 aromatic heterocycles. The van der Waals surface area contributed by atoms with Crippen molar-refractivity contribution in [2.75, 3.05) is 12.3 Å². The van der Waals surface area contributed by atoms with E-state index in [1.165, 1.54) is 0 Å². The number of urea groups is 1. The molecule has 0 spiro atoms. The second kappa shape index (κ2) is 7.43. The minimum atomic E-state index is -3.82. The Balaban J connectivity index is 3.16. The summed E-state index contributed by atoms with van der Waals surface area (Å²) in [6, 6.07) is -0.638. The maximum absolute atomic E-state index is 10.3. The van der Waals surface area contributed by atoms with Gasteiger partial charge in [-0.2, -0.15) is 8.42 Å². The largest absolute Gasteiger partial charge is 0.351 e. The number of amides is 2. The van der Waals surface area contributed by atoms with Gasteiger partial charge in [-0.05, 0) is 12.8 Å². The van der Waals surface area contributed by atoms with Gasteiger partial charge in [0.2, 0.25) is 0 Å². The third-order valence-corrected chi connectivity index (χ3v) is 2.47. The first-order valence-electron chi connectivity index (χ1n) is 4.65. The molecule has 0 radical (unpaired) electrons. The molecule has 0 aliphatic carbocycles. The Hall–Kier alpha value is -0.860. The quantitative estimate of drug-likeness (QED) is 0.261. The van der Waals surface area contributed by atoms with Crippen molar-refractivity contribution in [2.24, 2.45) is 5.73 Å². The molecule has 0 fully saturated rings. The summed E-state index contributed by atoms with van der Waals surface area (Å²) >= 11 is 0. The second-order valence-corrected chi connectivity index (χ2v) is 4.69. The molecule has 0 saturated carbocycles. The highest BCUT2D eigenvalue weighted by Gasteiger charge is 2.02. The zero-order valence-electron chi connectivity index (χ0n) is 8.40. The third-order valence-electron chi connectivity index (χ3n) is 1.67. The maximum Gasteiger partial charge on any atom is 0.326 e. The summed E-state index contributed by atoms with van der Waals surface area (Å²) in [5.74, 6) is -0.194. The van der Waals surface area contributed by atoms with Gasteiger partial charge in [0, 0.05) is 6.54 Å². The number of unbranched alkanes of at least 4 members (excludes halogenated alkanes) is 3. The molecular formula is C7H17N3O4S. The van der Waals surface area contributed by atoms with Gasteiger partial charge in [0.25, 0.3) is 10.1 Å². The molecule has 0 atom stereocenters. The van der Waals surface area contributed by atoms with Crippen LogP contribution in [0.5, 0.6) is 0 Å². The average molecular weight is 239 g/mol. The summed E-state index contributed by atoms with van der Waals surface area (Å²) in [7, 11) is -3.82. The van der Waals surface area contributed by atoms with Crippen LogP contribution in [0.25, 0.3) is 0 Å². The van der Waals surface area contributed by atoms with Crippen molar-refractivity contribution in [3.05, 3.63) is 0 Å². The Morgan fingerprint density at radius 2 is 1.80 bits per heavy atom. The molecule has 0 aliphatic heterocycles. The molecule has 90 valence electrons. The van der Waals surface area contributed by atoms with E-state index >= 15 is 0 Å². The third kappa shape index (κ3) is 13.1. The minimum absolute atomic E-state index is 0.194. The normalized spacial score (nSPS) is 11.3. The topological polar surface area (TPSA) is 122 Å². The first-order chi connectivity index (χ1) is 6.92. The number of hydrogen-bond donors (Lipinski definition) is 4. The first kappa shape index (κ1) is 14.1. The van der Waals surface area contributed by atoms with Crippen molar-refractivity contribution >= 4 is 16.1 Å². The van der Waals surface area contributed by atoms with Crippen molar-refractivity contribution in [3.63, 3.8) is 0 Å². The molecule has 7 nitrogen and oxygen atoms in total. The number of carbonyl (C=O) groups excluding carboxylic acids is 1. The fourth-order valence-electron chi connectivity index (χ4n) is 1.00. The van der Waals surface area contributed by atoms with Gasteiger partial charge in [-0.25, -0.2) is 10.2 Å². The van der Waals surface area contributed by atoms with E-state index in [0.717, 1.165) is 19.3 Å². The maximum atomic E-state index is 10.3. The summed E-state index contributed by atoms with van der Waals surface area (Å²) in [4.78, 5) is 10.2. The summed E-state index contributed by atoms with van der Waals surface area (Å²) in [6.45, 7) is 0.578. The summed E-state index contributed by atoms with van der Waals surface area (Å²) in [5, 5.41) is 0. The summed E-state index contributed by atoms with van der Waals surface area (Å²) in [5.41, 5.74) is 9.61. The number of carbonyl (C=O) groups is 1. The van der Waals surface area contributed by atoms with Crippen molar-refractivity contribution in [1.29, 1.82) is 0 Å². The van der Waals surface area contributed by atoms with Gasteiger partial charge >= 0.3 is 6.03 Å². The van der Waals surface area contributed by atoms with Crippen LogP contribution >= 0.6 is 0 Å². The molecule has 0 bridgehead atoms. The Labute approximate surface area is 89.1 Å². The molecule has 0 aromatic rings. The molecule has 5 N–H and O–H groups in total. The Morgan fingerprint density at radius 1 is 1.20 bits per heavy atom. The van der Waals surface area contributed by atoms with Crippen molar-refractivity contribution in [3.8, 4) is 0 Å². The van der Waals surface area contributed by atoms with Crippen LogP contribution in [0.2, 0.25) is 0 Å². The fourth-order valence-corrected chi connectivity index (χ4v) is 1.57. The van der Waals surface area contributed by atoms with Gasteiger partial charge in [0.05, 0.1) is 5.75 Å². The predicted octanol–water partition coefficient (Wildman–Crippen LogP) is -0.393. The molecule has 0 aromatic carbocycles. The highest BCUT2D eigenvalue weighted by atomic mass is 32.2. The average Bonchev–Trinajstić information content (AvgIpc) is 2.07.